The minimum absolute atomic E-state index is 0.137. The van der Waals surface area contributed by atoms with Crippen molar-refractivity contribution in [2.24, 2.45) is 5.73 Å². The molecule has 0 saturated heterocycles. The quantitative estimate of drug-likeness (QED) is 0.876. The maximum Gasteiger partial charge on any atom is 0.412 e. The van der Waals surface area contributed by atoms with E-state index in [9.17, 15) is 13.6 Å². The van der Waals surface area contributed by atoms with E-state index >= 15 is 0 Å². The third-order valence-corrected chi connectivity index (χ3v) is 2.78. The summed E-state index contributed by atoms with van der Waals surface area (Å²) in [6.45, 7) is 5.00. The van der Waals surface area contributed by atoms with Gasteiger partial charge in [0.2, 0.25) is 0 Å². The van der Waals surface area contributed by atoms with Gasteiger partial charge in [-0.05, 0) is 45.5 Å². The highest BCUT2D eigenvalue weighted by molar-refractivity contribution is 6.31. The van der Waals surface area contributed by atoms with Gasteiger partial charge in [0.05, 0.1) is 5.02 Å². The van der Waals surface area contributed by atoms with Gasteiger partial charge in [0.1, 0.15) is 5.60 Å². The molecule has 0 radical (unpaired) electrons. The number of nitrogens with one attached hydrogen (secondary N) is 1. The van der Waals surface area contributed by atoms with Crippen LogP contribution in [0.3, 0.4) is 0 Å². The number of amides is 1. The smallest absolute Gasteiger partial charge is 0.412 e. The summed E-state index contributed by atoms with van der Waals surface area (Å²) in [5, 5.41) is 2.30. The van der Waals surface area contributed by atoms with Crippen molar-refractivity contribution in [3.05, 3.63) is 28.8 Å². The number of rotatable bonds is 4. The van der Waals surface area contributed by atoms with Gasteiger partial charge in [-0.25, -0.2) is 13.6 Å². The first-order chi connectivity index (χ1) is 9.55. The average Bonchev–Trinajstić information content (AvgIpc) is 2.25. The molecule has 21 heavy (non-hydrogen) atoms. The molecule has 1 rings (SSSR count). The van der Waals surface area contributed by atoms with Gasteiger partial charge in [0.25, 0.3) is 5.92 Å². The number of hydrogen-bond acceptors (Lipinski definition) is 3. The molecule has 0 heterocycles. The first kappa shape index (κ1) is 17.7. The number of nitrogens with two attached hydrogens (primary N) is 1. The van der Waals surface area contributed by atoms with Crippen LogP contribution >= 0.6 is 11.6 Å². The first-order valence-electron chi connectivity index (χ1n) is 6.43. The van der Waals surface area contributed by atoms with Crippen molar-refractivity contribution in [3.63, 3.8) is 0 Å². The standard InChI is InChI=1S/C14H19ClF2N2O2/c1-13(2,3)21-12(20)19-9-4-5-10(11(15)8-9)14(16,17)6-7-18/h4-5,8H,6-7,18H2,1-3H3,(H,19,20). The summed E-state index contributed by atoms with van der Waals surface area (Å²) >= 11 is 5.85. The van der Waals surface area contributed by atoms with Gasteiger partial charge < -0.3 is 10.5 Å². The molecule has 118 valence electrons. The molecule has 0 fully saturated rings. The Morgan fingerprint density at radius 1 is 1.38 bits per heavy atom. The summed E-state index contributed by atoms with van der Waals surface area (Å²) in [5.74, 6) is -3.10. The zero-order chi connectivity index (χ0) is 16.3. The highest BCUT2D eigenvalue weighted by Crippen LogP contribution is 2.37. The van der Waals surface area contributed by atoms with E-state index in [2.05, 4.69) is 5.32 Å². The Morgan fingerprint density at radius 3 is 2.48 bits per heavy atom. The van der Waals surface area contributed by atoms with Gasteiger partial charge in [0.15, 0.2) is 0 Å². The molecule has 0 aliphatic rings. The van der Waals surface area contributed by atoms with Gasteiger partial charge in [-0.3, -0.25) is 5.32 Å². The zero-order valence-electron chi connectivity index (χ0n) is 12.2. The van der Waals surface area contributed by atoms with Gasteiger partial charge in [0, 0.05) is 17.7 Å². The Morgan fingerprint density at radius 2 is 2.00 bits per heavy atom. The zero-order valence-corrected chi connectivity index (χ0v) is 12.9. The second-order valence-corrected chi connectivity index (χ2v) is 5.97. The molecule has 3 N–H and O–H groups in total. The number of carbonyl (C=O) groups excluding carboxylic acids is 1. The molecule has 7 heteroatoms. The van der Waals surface area contributed by atoms with Gasteiger partial charge >= 0.3 is 6.09 Å². The van der Waals surface area contributed by atoms with E-state index < -0.39 is 24.0 Å². The molecule has 1 aromatic carbocycles. The fourth-order valence-corrected chi connectivity index (χ4v) is 1.95. The van der Waals surface area contributed by atoms with Crippen LogP contribution in [0.25, 0.3) is 0 Å². The average molecular weight is 321 g/mol. The third-order valence-electron chi connectivity index (χ3n) is 2.47. The summed E-state index contributed by atoms with van der Waals surface area (Å²) in [6.07, 6.45) is -1.18. The predicted octanol–water partition coefficient (Wildman–Crippen LogP) is 4.13. The lowest BCUT2D eigenvalue weighted by Crippen LogP contribution is -2.27. The number of halogens is 3. The fourth-order valence-electron chi connectivity index (χ4n) is 1.63. The molecule has 0 atom stereocenters. The van der Waals surface area contributed by atoms with Crippen molar-refractivity contribution < 1.29 is 18.3 Å². The molecule has 0 spiro atoms. The highest BCUT2D eigenvalue weighted by Gasteiger charge is 2.32. The van der Waals surface area contributed by atoms with Crippen molar-refractivity contribution >= 4 is 23.4 Å². The van der Waals surface area contributed by atoms with E-state index in [1.165, 1.54) is 18.2 Å². The molecular formula is C14H19ClF2N2O2. The minimum Gasteiger partial charge on any atom is -0.444 e. The molecule has 4 nitrogen and oxygen atoms in total. The van der Waals surface area contributed by atoms with Crippen LogP contribution in [0, 0.1) is 0 Å². The predicted molar refractivity (Wildman–Crippen MR) is 78.9 cm³/mol. The number of benzene rings is 1. The summed E-state index contributed by atoms with van der Waals surface area (Å²) in [7, 11) is 0. The van der Waals surface area contributed by atoms with Gasteiger partial charge in [-0.15, -0.1) is 0 Å². The van der Waals surface area contributed by atoms with Crippen molar-refractivity contribution in [1.82, 2.24) is 0 Å². The number of hydrogen-bond donors (Lipinski definition) is 2. The summed E-state index contributed by atoms with van der Waals surface area (Å²) in [6, 6.07) is 3.77. The minimum atomic E-state index is -3.10. The Labute approximate surface area is 127 Å². The normalized spacial score (nSPS) is 12.1. The van der Waals surface area contributed by atoms with Crippen LogP contribution in [-0.2, 0) is 10.7 Å². The molecule has 0 bridgehead atoms. The topological polar surface area (TPSA) is 64.3 Å². The number of anilines is 1. The van der Waals surface area contributed by atoms with E-state index in [-0.39, 0.29) is 22.8 Å². The van der Waals surface area contributed by atoms with E-state index in [0.717, 1.165) is 0 Å². The SMILES string of the molecule is CC(C)(C)OC(=O)Nc1ccc(C(F)(F)CCN)c(Cl)c1. The number of alkyl halides is 2. The van der Waals surface area contributed by atoms with E-state index in [0.29, 0.717) is 0 Å². The lowest BCUT2D eigenvalue weighted by atomic mass is 10.0. The summed E-state index contributed by atoms with van der Waals surface area (Å²) in [4.78, 5) is 11.6. The lowest BCUT2D eigenvalue weighted by molar-refractivity contribution is -0.0105. The van der Waals surface area contributed by atoms with Crippen LogP contribution in [0.2, 0.25) is 5.02 Å². The summed E-state index contributed by atoms with van der Waals surface area (Å²) in [5.41, 5.74) is 4.47. The number of carbonyl (C=O) groups is 1. The lowest BCUT2D eigenvalue weighted by Gasteiger charge is -2.20. The number of ether oxygens (including phenoxy) is 1. The Bertz CT molecular complexity index is 516. The van der Waals surface area contributed by atoms with Crippen LogP contribution in [-0.4, -0.2) is 18.2 Å². The van der Waals surface area contributed by atoms with E-state index in [4.69, 9.17) is 22.1 Å². The van der Waals surface area contributed by atoms with Crippen molar-refractivity contribution in [2.75, 3.05) is 11.9 Å². The van der Waals surface area contributed by atoms with Crippen molar-refractivity contribution in [3.8, 4) is 0 Å². The molecule has 0 unspecified atom stereocenters. The molecule has 1 amide bonds. The maximum absolute atomic E-state index is 13.8. The molecule has 0 aliphatic carbocycles. The molecule has 0 saturated carbocycles. The van der Waals surface area contributed by atoms with Crippen LogP contribution in [0.15, 0.2) is 18.2 Å². The Kier molecular flexibility index (Phi) is 5.53. The Hall–Kier alpha value is -1.40. The van der Waals surface area contributed by atoms with Gasteiger partial charge in [-0.2, -0.15) is 0 Å². The molecule has 0 aliphatic heterocycles. The van der Waals surface area contributed by atoms with Crippen LogP contribution < -0.4 is 11.1 Å². The van der Waals surface area contributed by atoms with Crippen LogP contribution in [0.1, 0.15) is 32.8 Å². The molecular weight excluding hydrogens is 302 g/mol. The Balaban J connectivity index is 2.86. The van der Waals surface area contributed by atoms with Crippen LogP contribution in [0.5, 0.6) is 0 Å². The van der Waals surface area contributed by atoms with Gasteiger partial charge in [-0.1, -0.05) is 11.6 Å². The van der Waals surface area contributed by atoms with E-state index in [1.54, 1.807) is 20.8 Å². The summed E-state index contributed by atoms with van der Waals surface area (Å²) < 4.78 is 32.6. The van der Waals surface area contributed by atoms with Crippen molar-refractivity contribution in [1.29, 1.82) is 0 Å². The fraction of sp³-hybridized carbons (Fsp3) is 0.500. The molecule has 0 aromatic heterocycles. The highest BCUT2D eigenvalue weighted by atomic mass is 35.5. The second kappa shape index (κ2) is 6.58. The van der Waals surface area contributed by atoms with Crippen LogP contribution in [0.4, 0.5) is 19.3 Å². The second-order valence-electron chi connectivity index (χ2n) is 5.56. The molecule has 1 aromatic rings. The largest absolute Gasteiger partial charge is 0.444 e. The first-order valence-corrected chi connectivity index (χ1v) is 6.81. The van der Waals surface area contributed by atoms with Crippen molar-refractivity contribution in [2.45, 2.75) is 38.7 Å². The maximum atomic E-state index is 13.8. The third kappa shape index (κ3) is 5.47. The van der Waals surface area contributed by atoms with E-state index in [1.807, 2.05) is 0 Å². The monoisotopic (exact) mass is 320 g/mol.